The van der Waals surface area contributed by atoms with Crippen LogP contribution < -0.4 is 14.9 Å². The van der Waals surface area contributed by atoms with Crippen molar-refractivity contribution < 1.29 is 61.3 Å². The van der Waals surface area contributed by atoms with Gasteiger partial charge in [-0.15, -0.1) is 0 Å². The number of phenolic OH excluding ortho intramolecular Hbond substituents is 2. The third kappa shape index (κ3) is 5.47. The van der Waals surface area contributed by atoms with Gasteiger partial charge in [0, 0.05) is 23.8 Å². The van der Waals surface area contributed by atoms with E-state index in [-0.39, 0.29) is 34.0 Å². The Morgan fingerprint density at radius 2 is 1.78 bits per heavy atom. The molecule has 15 heteroatoms. The van der Waals surface area contributed by atoms with E-state index in [1.54, 1.807) is 0 Å². The summed E-state index contributed by atoms with van der Waals surface area (Å²) >= 11 is 0. The number of aliphatic hydroxyl groups is 3. The highest BCUT2D eigenvalue weighted by Gasteiger charge is 2.47. The summed E-state index contributed by atoms with van der Waals surface area (Å²) in [7, 11) is -4.07. The van der Waals surface area contributed by atoms with E-state index in [1.807, 2.05) is 0 Å². The van der Waals surface area contributed by atoms with E-state index >= 15 is 0 Å². The molecule has 4 rings (SSSR count). The minimum Gasteiger partial charge on any atom is -0.726 e. The van der Waals surface area contributed by atoms with Crippen molar-refractivity contribution in [3.8, 4) is 34.3 Å². The Balaban J connectivity index is 1.75. The Morgan fingerprint density at radius 1 is 1.05 bits per heavy atom. The lowest BCUT2D eigenvalue weighted by Crippen LogP contribution is -2.61. The molecule has 5 atom stereocenters. The normalized spacial score (nSPS) is 24.2. The van der Waals surface area contributed by atoms with Crippen LogP contribution in [-0.2, 0) is 19.3 Å². The first-order valence-electron chi connectivity index (χ1n) is 10.5. The molecule has 1 aromatic heterocycles. The van der Waals surface area contributed by atoms with Gasteiger partial charge in [-0.25, -0.2) is 8.42 Å². The molecule has 0 spiro atoms. The molecule has 0 radical (unpaired) electrons. The molecule has 1 fully saturated rings. The van der Waals surface area contributed by atoms with Crippen LogP contribution in [-0.4, -0.2) is 82.9 Å². The first-order chi connectivity index (χ1) is 17.4. The predicted octanol–water partition coefficient (Wildman–Crippen LogP) is -0.457. The monoisotopic (exact) mass is 541 g/mol. The van der Waals surface area contributed by atoms with Gasteiger partial charge >= 0.3 is 0 Å². The SMILES string of the molecule is COc1cc(-c2cc(=O)c3c(O)cc(O[C@@H]4OC(CO)[C@@H](O)C(O)C4OS(=O)(=O)[O-])cc3o2)ccc1O. The molecule has 0 amide bonds. The second-order valence-electron chi connectivity index (χ2n) is 7.97. The van der Waals surface area contributed by atoms with Crippen molar-refractivity contribution in [2.24, 2.45) is 0 Å². The first-order valence-corrected chi connectivity index (χ1v) is 11.9. The number of hydrogen-bond acceptors (Lipinski definition) is 14. The van der Waals surface area contributed by atoms with E-state index in [4.69, 9.17) is 18.6 Å². The topological polar surface area (TPSA) is 225 Å². The van der Waals surface area contributed by atoms with Gasteiger partial charge in [0.25, 0.3) is 0 Å². The summed E-state index contributed by atoms with van der Waals surface area (Å²) in [6.45, 7) is -0.813. The largest absolute Gasteiger partial charge is 0.726 e. The summed E-state index contributed by atoms with van der Waals surface area (Å²) in [6.07, 6.45) is -9.22. The van der Waals surface area contributed by atoms with Crippen molar-refractivity contribution in [2.45, 2.75) is 30.7 Å². The molecule has 14 nitrogen and oxygen atoms in total. The molecule has 37 heavy (non-hydrogen) atoms. The maximum Gasteiger partial charge on any atom is 0.230 e. The third-order valence-corrected chi connectivity index (χ3v) is 6.01. The second-order valence-corrected chi connectivity index (χ2v) is 8.98. The molecule has 1 aliphatic heterocycles. The average Bonchev–Trinajstić information content (AvgIpc) is 2.82. The Hall–Kier alpha value is -3.44. The zero-order valence-corrected chi connectivity index (χ0v) is 19.7. The van der Waals surface area contributed by atoms with E-state index in [0.717, 1.165) is 18.2 Å². The fourth-order valence-corrected chi connectivity index (χ4v) is 4.29. The van der Waals surface area contributed by atoms with Crippen LogP contribution in [0.5, 0.6) is 23.0 Å². The second kappa shape index (κ2) is 10.1. The summed E-state index contributed by atoms with van der Waals surface area (Å²) < 4.78 is 59.3. The maximum absolute atomic E-state index is 12.7. The quantitative estimate of drug-likeness (QED) is 0.189. The Labute approximate surface area is 208 Å². The van der Waals surface area contributed by atoms with Gasteiger partial charge in [-0.1, -0.05) is 0 Å². The van der Waals surface area contributed by atoms with Crippen LogP contribution in [0, 0.1) is 0 Å². The number of rotatable bonds is 7. The summed E-state index contributed by atoms with van der Waals surface area (Å²) in [6, 6.07) is 7.37. The van der Waals surface area contributed by atoms with Crippen LogP contribution in [0.4, 0.5) is 0 Å². The van der Waals surface area contributed by atoms with Crippen LogP contribution in [0.1, 0.15) is 0 Å². The number of aromatic hydroxyl groups is 2. The molecule has 1 saturated heterocycles. The fraction of sp³-hybridized carbons (Fsp3) is 0.318. The molecule has 2 heterocycles. The molecule has 0 bridgehead atoms. The zero-order valence-electron chi connectivity index (χ0n) is 18.9. The van der Waals surface area contributed by atoms with E-state index in [1.165, 1.54) is 25.3 Å². The number of phenols is 2. The average molecular weight is 541 g/mol. The highest BCUT2D eigenvalue weighted by atomic mass is 32.3. The summed E-state index contributed by atoms with van der Waals surface area (Å²) in [4.78, 5) is 12.7. The van der Waals surface area contributed by atoms with Crippen molar-refractivity contribution in [1.82, 2.24) is 0 Å². The van der Waals surface area contributed by atoms with E-state index < -0.39 is 58.9 Å². The standard InChI is InChI=1S/C22H22O14S/c1-32-15-4-9(2-3-11(15)24)14-7-13(26)18-12(25)5-10(6-16(18)34-14)33-22-21(36-37(29,30)31)20(28)19(27)17(8-23)35-22/h2-7,17,19-25,27-28H,8H2,1H3,(H,29,30,31)/p-1/t17?,19-,20?,21?,22-/m1/s1. The van der Waals surface area contributed by atoms with Crippen molar-refractivity contribution >= 4 is 21.4 Å². The molecule has 200 valence electrons. The fourth-order valence-electron chi connectivity index (χ4n) is 3.81. The molecular formula is C22H21O14S-. The lowest BCUT2D eigenvalue weighted by atomic mass is 9.99. The highest BCUT2D eigenvalue weighted by molar-refractivity contribution is 7.80. The van der Waals surface area contributed by atoms with Crippen molar-refractivity contribution in [3.05, 3.63) is 46.6 Å². The van der Waals surface area contributed by atoms with Crippen molar-refractivity contribution in [1.29, 1.82) is 0 Å². The number of aliphatic hydroxyl groups excluding tert-OH is 3. The zero-order chi connectivity index (χ0) is 27.1. The van der Waals surface area contributed by atoms with E-state index in [9.17, 15) is 43.3 Å². The van der Waals surface area contributed by atoms with Crippen molar-refractivity contribution in [2.75, 3.05) is 13.7 Å². The van der Waals surface area contributed by atoms with Gasteiger partial charge in [-0.2, -0.15) is 0 Å². The molecule has 3 unspecified atom stereocenters. The lowest BCUT2D eigenvalue weighted by molar-refractivity contribution is -0.271. The van der Waals surface area contributed by atoms with E-state index in [0.29, 0.717) is 5.56 Å². The Morgan fingerprint density at radius 3 is 2.43 bits per heavy atom. The predicted molar refractivity (Wildman–Crippen MR) is 121 cm³/mol. The van der Waals surface area contributed by atoms with Gasteiger partial charge in [0.15, 0.2) is 23.0 Å². The molecule has 0 aliphatic carbocycles. The number of methoxy groups -OCH3 is 1. The molecule has 5 N–H and O–H groups in total. The number of fused-ring (bicyclic) bond motifs is 1. The summed E-state index contributed by atoms with van der Waals surface area (Å²) in [5.41, 5.74) is -0.487. The number of hydrogen-bond donors (Lipinski definition) is 5. The Bertz CT molecular complexity index is 1470. The van der Waals surface area contributed by atoms with Gasteiger partial charge < -0.3 is 48.7 Å². The highest BCUT2D eigenvalue weighted by Crippen LogP contribution is 2.35. The molecule has 2 aromatic carbocycles. The van der Waals surface area contributed by atoms with Gasteiger partial charge in [0.05, 0.1) is 13.7 Å². The van der Waals surface area contributed by atoms with Crippen LogP contribution in [0.15, 0.2) is 45.6 Å². The van der Waals surface area contributed by atoms with E-state index in [2.05, 4.69) is 4.18 Å². The first kappa shape index (κ1) is 26.6. The minimum absolute atomic E-state index is 0.0267. The lowest BCUT2D eigenvalue weighted by Gasteiger charge is -2.41. The number of benzene rings is 2. The van der Waals surface area contributed by atoms with Crippen LogP contribution in [0.3, 0.4) is 0 Å². The third-order valence-electron chi connectivity index (χ3n) is 5.55. The minimum atomic E-state index is -5.40. The van der Waals surface area contributed by atoms with Gasteiger partial charge in [-0.05, 0) is 18.2 Å². The molecule has 1 aliphatic rings. The summed E-state index contributed by atoms with van der Waals surface area (Å²) in [5, 5.41) is 49.7. The summed E-state index contributed by atoms with van der Waals surface area (Å²) in [5.74, 6) is -0.900. The maximum atomic E-state index is 12.7. The van der Waals surface area contributed by atoms with Crippen LogP contribution >= 0.6 is 0 Å². The van der Waals surface area contributed by atoms with Gasteiger partial charge in [0.1, 0.15) is 46.5 Å². The van der Waals surface area contributed by atoms with Gasteiger partial charge in [-0.3, -0.25) is 8.98 Å². The Kier molecular flexibility index (Phi) is 7.29. The number of ether oxygens (including phenoxy) is 3. The van der Waals surface area contributed by atoms with Crippen molar-refractivity contribution in [3.63, 3.8) is 0 Å². The molecular weight excluding hydrogens is 520 g/mol. The van der Waals surface area contributed by atoms with Gasteiger partial charge in [0.2, 0.25) is 16.7 Å². The van der Waals surface area contributed by atoms with Crippen LogP contribution in [0.2, 0.25) is 0 Å². The molecule has 0 saturated carbocycles. The smallest absolute Gasteiger partial charge is 0.230 e. The van der Waals surface area contributed by atoms with Crippen LogP contribution in [0.25, 0.3) is 22.3 Å². The molecule has 3 aromatic rings.